The van der Waals surface area contributed by atoms with Gasteiger partial charge in [-0.3, -0.25) is 0 Å². The molecule has 0 bridgehead atoms. The first-order chi connectivity index (χ1) is 7.38. The summed E-state index contributed by atoms with van der Waals surface area (Å²) in [4.78, 5) is 11.5. The van der Waals surface area contributed by atoms with Crippen molar-refractivity contribution in [2.24, 2.45) is 0 Å². The van der Waals surface area contributed by atoms with Gasteiger partial charge in [-0.25, -0.2) is 13.2 Å². The molecule has 0 N–H and O–H groups in total. The standard InChI is InChI=1S/C11H18O4S/c1-4-15-11(12)8(2)9-6-5-7-10(9)16(3,13)14/h10H,4-7H2,1-3H3. The van der Waals surface area contributed by atoms with Crippen LogP contribution in [0.1, 0.15) is 33.1 Å². The van der Waals surface area contributed by atoms with Crippen molar-refractivity contribution in [3.8, 4) is 0 Å². The van der Waals surface area contributed by atoms with E-state index in [1.165, 1.54) is 6.26 Å². The summed E-state index contributed by atoms with van der Waals surface area (Å²) >= 11 is 0. The van der Waals surface area contributed by atoms with Crippen molar-refractivity contribution in [1.82, 2.24) is 0 Å². The number of sulfone groups is 1. The zero-order valence-electron chi connectivity index (χ0n) is 9.95. The van der Waals surface area contributed by atoms with Crippen LogP contribution < -0.4 is 0 Å². The van der Waals surface area contributed by atoms with Crippen LogP contribution in [-0.2, 0) is 19.4 Å². The average molecular weight is 246 g/mol. The van der Waals surface area contributed by atoms with E-state index in [1.54, 1.807) is 13.8 Å². The summed E-state index contributed by atoms with van der Waals surface area (Å²) in [6, 6.07) is 0. The Hall–Kier alpha value is -0.840. The van der Waals surface area contributed by atoms with Gasteiger partial charge in [0.15, 0.2) is 9.84 Å². The van der Waals surface area contributed by atoms with Crippen molar-refractivity contribution in [2.45, 2.75) is 38.4 Å². The van der Waals surface area contributed by atoms with E-state index in [-0.39, 0.29) is 0 Å². The van der Waals surface area contributed by atoms with Crippen LogP contribution in [0.15, 0.2) is 11.1 Å². The maximum atomic E-state index is 11.5. The molecule has 1 aliphatic rings. The minimum Gasteiger partial charge on any atom is -0.463 e. The van der Waals surface area contributed by atoms with Crippen molar-refractivity contribution < 1.29 is 17.9 Å². The molecular formula is C11H18O4S. The molecule has 4 nitrogen and oxygen atoms in total. The van der Waals surface area contributed by atoms with Crippen LogP contribution in [0.25, 0.3) is 0 Å². The summed E-state index contributed by atoms with van der Waals surface area (Å²) in [5, 5.41) is -0.489. The molecule has 0 spiro atoms. The van der Waals surface area contributed by atoms with Crippen LogP contribution in [0.2, 0.25) is 0 Å². The fraction of sp³-hybridized carbons (Fsp3) is 0.727. The Bertz CT molecular complexity index is 406. The van der Waals surface area contributed by atoms with E-state index >= 15 is 0 Å². The van der Waals surface area contributed by atoms with E-state index in [0.29, 0.717) is 25.0 Å². The third-order valence-electron chi connectivity index (χ3n) is 2.88. The lowest BCUT2D eigenvalue weighted by Crippen LogP contribution is -2.20. The third kappa shape index (κ3) is 2.84. The van der Waals surface area contributed by atoms with E-state index in [0.717, 1.165) is 12.0 Å². The second kappa shape index (κ2) is 4.99. The van der Waals surface area contributed by atoms with Gasteiger partial charge in [0.25, 0.3) is 0 Å². The Morgan fingerprint density at radius 3 is 2.62 bits per heavy atom. The average Bonchev–Trinajstić information content (AvgIpc) is 2.64. The zero-order chi connectivity index (χ0) is 12.3. The number of esters is 1. The van der Waals surface area contributed by atoms with Gasteiger partial charge in [-0.15, -0.1) is 0 Å². The Labute approximate surface area is 96.6 Å². The van der Waals surface area contributed by atoms with Crippen LogP contribution in [0, 0.1) is 0 Å². The summed E-state index contributed by atoms with van der Waals surface area (Å²) in [5.74, 6) is -0.395. The fourth-order valence-corrected chi connectivity index (χ4v) is 3.49. The van der Waals surface area contributed by atoms with E-state index in [9.17, 15) is 13.2 Å². The summed E-state index contributed by atoms with van der Waals surface area (Å²) in [5.41, 5.74) is 1.20. The minimum absolute atomic E-state index is 0.312. The second-order valence-corrected chi connectivity index (χ2v) is 6.31. The first-order valence-corrected chi connectivity index (χ1v) is 7.39. The highest BCUT2D eigenvalue weighted by molar-refractivity contribution is 7.91. The molecule has 1 aliphatic carbocycles. The Kier molecular flexibility index (Phi) is 4.13. The van der Waals surface area contributed by atoms with Crippen LogP contribution in [0.4, 0.5) is 0 Å². The lowest BCUT2D eigenvalue weighted by molar-refractivity contribution is -0.138. The van der Waals surface area contributed by atoms with Crippen molar-refractivity contribution in [3.05, 3.63) is 11.1 Å². The van der Waals surface area contributed by atoms with Crippen LogP contribution in [-0.4, -0.2) is 32.5 Å². The predicted octanol–water partition coefficient (Wildman–Crippen LogP) is 1.46. The fourth-order valence-electron chi connectivity index (χ4n) is 2.09. The highest BCUT2D eigenvalue weighted by atomic mass is 32.2. The minimum atomic E-state index is -3.11. The van der Waals surface area contributed by atoms with Gasteiger partial charge >= 0.3 is 5.97 Å². The molecule has 0 aliphatic heterocycles. The van der Waals surface area contributed by atoms with Gasteiger partial charge in [-0.2, -0.15) is 0 Å². The summed E-state index contributed by atoms with van der Waals surface area (Å²) in [6.07, 6.45) is 3.35. The monoisotopic (exact) mass is 246 g/mol. The van der Waals surface area contributed by atoms with Gasteiger partial charge in [0.1, 0.15) is 0 Å². The molecule has 5 heteroatoms. The molecule has 0 heterocycles. The van der Waals surface area contributed by atoms with Crippen LogP contribution >= 0.6 is 0 Å². The molecule has 1 fully saturated rings. The van der Waals surface area contributed by atoms with Gasteiger partial charge in [0, 0.05) is 11.8 Å². The summed E-state index contributed by atoms with van der Waals surface area (Å²) in [7, 11) is -3.11. The lowest BCUT2D eigenvalue weighted by atomic mass is 10.1. The lowest BCUT2D eigenvalue weighted by Gasteiger charge is -2.12. The summed E-state index contributed by atoms with van der Waals surface area (Å²) in [6.45, 7) is 3.70. The Morgan fingerprint density at radius 2 is 2.12 bits per heavy atom. The molecule has 1 unspecified atom stereocenters. The van der Waals surface area contributed by atoms with Crippen molar-refractivity contribution in [2.75, 3.05) is 12.9 Å². The number of hydrogen-bond acceptors (Lipinski definition) is 4. The molecule has 0 aromatic carbocycles. The number of ether oxygens (including phenoxy) is 1. The van der Waals surface area contributed by atoms with Gasteiger partial charge in [-0.05, 0) is 38.7 Å². The number of hydrogen-bond donors (Lipinski definition) is 0. The molecule has 0 aromatic rings. The molecular weight excluding hydrogens is 228 g/mol. The molecule has 16 heavy (non-hydrogen) atoms. The van der Waals surface area contributed by atoms with E-state index in [2.05, 4.69) is 0 Å². The molecule has 0 amide bonds. The molecule has 1 saturated carbocycles. The molecule has 1 atom stereocenters. The topological polar surface area (TPSA) is 60.4 Å². The maximum absolute atomic E-state index is 11.5. The highest BCUT2D eigenvalue weighted by Gasteiger charge is 2.32. The van der Waals surface area contributed by atoms with Crippen molar-refractivity contribution in [1.29, 1.82) is 0 Å². The number of carbonyl (C=O) groups excluding carboxylic acids is 1. The largest absolute Gasteiger partial charge is 0.463 e. The van der Waals surface area contributed by atoms with Crippen LogP contribution in [0.5, 0.6) is 0 Å². The van der Waals surface area contributed by atoms with E-state index in [1.807, 2.05) is 0 Å². The maximum Gasteiger partial charge on any atom is 0.333 e. The van der Waals surface area contributed by atoms with Crippen LogP contribution in [0.3, 0.4) is 0 Å². The second-order valence-electron chi connectivity index (χ2n) is 4.08. The van der Waals surface area contributed by atoms with Crippen molar-refractivity contribution in [3.63, 3.8) is 0 Å². The smallest absolute Gasteiger partial charge is 0.333 e. The first kappa shape index (κ1) is 13.2. The van der Waals surface area contributed by atoms with Gasteiger partial charge < -0.3 is 4.74 Å². The molecule has 0 saturated heterocycles. The van der Waals surface area contributed by atoms with Gasteiger partial charge in [0.2, 0.25) is 0 Å². The highest BCUT2D eigenvalue weighted by Crippen LogP contribution is 2.32. The zero-order valence-corrected chi connectivity index (χ0v) is 10.8. The predicted molar refractivity (Wildman–Crippen MR) is 61.8 cm³/mol. The number of carbonyl (C=O) groups is 1. The molecule has 1 rings (SSSR count). The molecule has 0 radical (unpaired) electrons. The Morgan fingerprint density at radius 1 is 1.50 bits per heavy atom. The first-order valence-electron chi connectivity index (χ1n) is 5.43. The SMILES string of the molecule is CCOC(=O)C(C)=C1CCCC1S(C)(=O)=O. The van der Waals surface area contributed by atoms with Gasteiger partial charge in [-0.1, -0.05) is 0 Å². The van der Waals surface area contributed by atoms with Gasteiger partial charge in [0.05, 0.1) is 11.9 Å². The third-order valence-corrected chi connectivity index (χ3v) is 4.44. The van der Waals surface area contributed by atoms with E-state index in [4.69, 9.17) is 4.74 Å². The normalized spacial score (nSPS) is 24.3. The van der Waals surface area contributed by atoms with Crippen molar-refractivity contribution >= 4 is 15.8 Å². The quantitative estimate of drug-likeness (QED) is 0.559. The number of rotatable bonds is 3. The molecule has 92 valence electrons. The summed E-state index contributed by atoms with van der Waals surface area (Å²) < 4.78 is 28.0. The molecule has 0 aromatic heterocycles. The Balaban J connectivity index is 3.02. The van der Waals surface area contributed by atoms with E-state index < -0.39 is 21.1 Å².